The Balaban J connectivity index is 1.17. The highest BCUT2D eigenvalue weighted by Crippen LogP contribution is 2.53. The van der Waals surface area contributed by atoms with Crippen LogP contribution in [0.4, 0.5) is 0 Å². The van der Waals surface area contributed by atoms with Gasteiger partial charge in [0.2, 0.25) is 0 Å². The highest BCUT2D eigenvalue weighted by atomic mass is 16.7. The number of carbonyl (C=O) groups excluding carboxylic acids is 3. The minimum Gasteiger partial charge on any atom is -0.507 e. The van der Waals surface area contributed by atoms with Crippen LogP contribution in [0.3, 0.4) is 0 Å². The summed E-state index contributed by atoms with van der Waals surface area (Å²) in [5.74, 6) is -3.29. The quantitative estimate of drug-likeness (QED) is 0.218. The van der Waals surface area contributed by atoms with Crippen molar-refractivity contribution in [3.63, 3.8) is 0 Å². The first-order valence-electron chi connectivity index (χ1n) is 17.8. The summed E-state index contributed by atoms with van der Waals surface area (Å²) in [6.45, 7) is 6.56. The number of aromatic hydroxyl groups is 1. The average Bonchev–Trinajstić information content (AvgIpc) is 3.06. The van der Waals surface area contributed by atoms with Crippen molar-refractivity contribution in [2.45, 2.75) is 145 Å². The predicted octanol–water partition coefficient (Wildman–Crippen LogP) is 0.433. The number of ether oxygens (including phenoxy) is 5. The van der Waals surface area contributed by atoms with Crippen LogP contribution in [0.5, 0.6) is 5.75 Å². The second kappa shape index (κ2) is 13.4. The van der Waals surface area contributed by atoms with Crippen molar-refractivity contribution in [1.82, 2.24) is 0 Å². The standard InChI is InChI=1S/C37H46O15/c1-14-9-25(41)37(47)29-20(33(45)28-19(34(29)46)6-5-18(32(28)44)24-10-21(38)30(42)15(2)48-24)7-8-36(37,13-14)52-27-12-23(40)35(17(4)50-27)51-26-11-22(39)31(43)16(3)49-26/h5-8,14-17,21-24,26-27,30-31,35,38-40,42-44,47H,9-13H2,1-4H3/t14-,15+,16+,17+,21+,22+,23+,24+,26+,27+,30+,31-,35-,36+,37+/m0/s1. The highest BCUT2D eigenvalue weighted by Gasteiger charge is 2.66. The molecule has 1 aromatic carbocycles. The summed E-state index contributed by atoms with van der Waals surface area (Å²) in [7, 11) is 0. The Labute approximate surface area is 299 Å². The topological polar surface area (TPSA) is 239 Å². The Morgan fingerprint density at radius 3 is 2.08 bits per heavy atom. The number of hydrogen-bond acceptors (Lipinski definition) is 15. The maximum Gasteiger partial charge on any atom is 0.198 e. The second-order valence-electron chi connectivity index (χ2n) is 15.2. The van der Waals surface area contributed by atoms with Crippen LogP contribution in [0.2, 0.25) is 0 Å². The molecule has 3 saturated heterocycles. The highest BCUT2D eigenvalue weighted by molar-refractivity contribution is 6.31. The van der Waals surface area contributed by atoms with E-state index in [-0.39, 0.29) is 60.3 Å². The van der Waals surface area contributed by atoms with E-state index in [2.05, 4.69) is 0 Å². The average molecular weight is 731 g/mol. The number of allylic oxidation sites excluding steroid dienone is 2. The molecule has 7 rings (SSSR count). The summed E-state index contributed by atoms with van der Waals surface area (Å²) in [4.78, 5) is 42.5. The molecule has 0 unspecified atom stereocenters. The van der Waals surface area contributed by atoms with Crippen LogP contribution in [-0.2, 0) is 28.5 Å². The third-order valence-corrected chi connectivity index (χ3v) is 11.5. The van der Waals surface area contributed by atoms with E-state index in [1.54, 1.807) is 27.7 Å². The van der Waals surface area contributed by atoms with Crippen LogP contribution in [0.1, 0.15) is 92.2 Å². The zero-order valence-corrected chi connectivity index (χ0v) is 29.2. The molecule has 52 heavy (non-hydrogen) atoms. The number of aliphatic hydroxyl groups is 6. The van der Waals surface area contributed by atoms with Gasteiger partial charge in [-0.3, -0.25) is 14.4 Å². The molecule has 3 heterocycles. The first-order chi connectivity index (χ1) is 24.5. The maximum absolute atomic E-state index is 14.3. The summed E-state index contributed by atoms with van der Waals surface area (Å²) >= 11 is 0. The molecule has 3 aliphatic heterocycles. The van der Waals surface area contributed by atoms with Crippen LogP contribution in [0.25, 0.3) is 0 Å². The van der Waals surface area contributed by atoms with Crippen LogP contribution in [-0.4, -0.2) is 132 Å². The molecular weight excluding hydrogens is 684 g/mol. The largest absolute Gasteiger partial charge is 0.507 e. The predicted molar refractivity (Wildman–Crippen MR) is 176 cm³/mol. The van der Waals surface area contributed by atoms with E-state index in [1.807, 2.05) is 0 Å². The van der Waals surface area contributed by atoms with E-state index in [0.29, 0.717) is 0 Å². The lowest BCUT2D eigenvalue weighted by molar-refractivity contribution is -0.329. The Kier molecular flexibility index (Phi) is 9.65. The molecule has 0 amide bonds. The van der Waals surface area contributed by atoms with Crippen molar-refractivity contribution < 1.29 is 73.8 Å². The smallest absolute Gasteiger partial charge is 0.198 e. The number of phenols is 1. The first kappa shape index (κ1) is 37.4. The molecule has 1 saturated carbocycles. The Hall–Kier alpha value is -2.93. The number of hydrogen-bond donors (Lipinski definition) is 7. The van der Waals surface area contributed by atoms with Gasteiger partial charge in [0.15, 0.2) is 35.5 Å². The third kappa shape index (κ3) is 5.82. The number of aliphatic hydroxyl groups excluding tert-OH is 5. The molecule has 15 nitrogen and oxygen atoms in total. The number of carbonyl (C=O) groups is 3. The zero-order chi connectivity index (χ0) is 37.6. The maximum atomic E-state index is 14.3. The van der Waals surface area contributed by atoms with Gasteiger partial charge in [-0.1, -0.05) is 19.1 Å². The molecule has 4 fully saturated rings. The van der Waals surface area contributed by atoms with Gasteiger partial charge in [-0.05, 0) is 45.3 Å². The van der Waals surface area contributed by atoms with Crippen LogP contribution in [0.15, 0.2) is 35.4 Å². The molecule has 6 aliphatic rings. The van der Waals surface area contributed by atoms with Crippen molar-refractivity contribution in [3.8, 4) is 5.75 Å². The second-order valence-corrected chi connectivity index (χ2v) is 15.2. The number of fused-ring (bicyclic) bond motifs is 3. The van der Waals surface area contributed by atoms with E-state index in [4.69, 9.17) is 23.7 Å². The summed E-state index contributed by atoms with van der Waals surface area (Å²) in [6, 6.07) is 2.68. The first-order valence-corrected chi connectivity index (χ1v) is 17.8. The molecule has 0 bridgehead atoms. The zero-order valence-electron chi connectivity index (χ0n) is 29.2. The number of phenolic OH excluding ortho intramolecular Hbond substituents is 1. The van der Waals surface area contributed by atoms with Gasteiger partial charge in [0.25, 0.3) is 0 Å². The van der Waals surface area contributed by atoms with Gasteiger partial charge in [-0.2, -0.15) is 0 Å². The number of ketones is 3. The van der Waals surface area contributed by atoms with E-state index in [0.717, 1.165) is 0 Å². The van der Waals surface area contributed by atoms with Crippen molar-refractivity contribution in [1.29, 1.82) is 0 Å². The van der Waals surface area contributed by atoms with E-state index < -0.39 is 113 Å². The molecule has 1 aromatic rings. The van der Waals surface area contributed by atoms with Gasteiger partial charge in [0.05, 0.1) is 53.9 Å². The summed E-state index contributed by atoms with van der Waals surface area (Å²) in [5, 5.41) is 75.8. The van der Waals surface area contributed by atoms with Gasteiger partial charge < -0.3 is 59.4 Å². The van der Waals surface area contributed by atoms with Crippen molar-refractivity contribution >= 4 is 17.3 Å². The molecule has 7 N–H and O–H groups in total. The fourth-order valence-electron chi connectivity index (χ4n) is 8.76. The fraction of sp³-hybridized carbons (Fsp3) is 0.649. The number of rotatable bonds is 5. The molecule has 3 aliphatic carbocycles. The van der Waals surface area contributed by atoms with Crippen LogP contribution >= 0.6 is 0 Å². The van der Waals surface area contributed by atoms with Crippen LogP contribution < -0.4 is 0 Å². The Bertz CT molecular complexity index is 1670. The van der Waals surface area contributed by atoms with Crippen LogP contribution in [0, 0.1) is 5.92 Å². The van der Waals surface area contributed by atoms with E-state index >= 15 is 0 Å². The van der Waals surface area contributed by atoms with Crippen molar-refractivity contribution in [2.75, 3.05) is 0 Å². The van der Waals surface area contributed by atoms with Gasteiger partial charge in [0.1, 0.15) is 29.7 Å². The summed E-state index contributed by atoms with van der Waals surface area (Å²) in [5.41, 5.74) is -5.75. The van der Waals surface area contributed by atoms with Gasteiger partial charge >= 0.3 is 0 Å². The minimum absolute atomic E-state index is 0.0322. The molecule has 0 spiro atoms. The number of benzene rings is 1. The van der Waals surface area contributed by atoms with Gasteiger partial charge in [0, 0.05) is 42.4 Å². The summed E-state index contributed by atoms with van der Waals surface area (Å²) in [6.07, 6.45) is -9.67. The molecular formula is C37H46O15. The SMILES string of the molecule is C[C@H]1CC(=O)[C@@]2(O)C3=C(C=C[C@@]2(O[C@@H]2C[C@@H](O)[C@@H](O[C@@H]4C[C@@H](O)[C@@H](O)[C@@H](C)O4)[C@@H](C)O2)C1)C(=O)c1c(ccc([C@H]2C[C@@H](O)[C@H](O)[C@@H](C)O2)c1O)C3=O. The molecule has 0 radical (unpaired) electrons. The normalized spacial score (nSPS) is 45.0. The fourth-order valence-corrected chi connectivity index (χ4v) is 8.76. The van der Waals surface area contributed by atoms with E-state index in [9.17, 15) is 50.1 Å². The Morgan fingerprint density at radius 1 is 0.788 bits per heavy atom. The molecule has 15 heteroatoms. The number of Topliss-reactive ketones (excluding diaryl/α,β-unsaturated/α-hetero) is 3. The third-order valence-electron chi connectivity index (χ3n) is 11.5. The Morgan fingerprint density at radius 2 is 1.42 bits per heavy atom. The van der Waals surface area contributed by atoms with Gasteiger partial charge in [-0.25, -0.2) is 0 Å². The van der Waals surface area contributed by atoms with E-state index in [1.165, 1.54) is 24.3 Å². The monoisotopic (exact) mass is 730 g/mol. The lowest BCUT2D eigenvalue weighted by atomic mass is 9.58. The van der Waals surface area contributed by atoms with Gasteiger partial charge in [-0.15, -0.1) is 0 Å². The minimum atomic E-state index is -2.64. The lowest BCUT2D eigenvalue weighted by Gasteiger charge is -2.54. The van der Waals surface area contributed by atoms with Crippen molar-refractivity contribution in [3.05, 3.63) is 52.1 Å². The molecule has 15 atom stereocenters. The van der Waals surface area contributed by atoms with Crippen molar-refractivity contribution in [2.24, 2.45) is 5.92 Å². The molecule has 284 valence electrons. The molecule has 0 aromatic heterocycles. The lowest BCUT2D eigenvalue weighted by Crippen LogP contribution is -2.68. The summed E-state index contributed by atoms with van der Waals surface area (Å²) < 4.78 is 30.0.